The van der Waals surface area contributed by atoms with E-state index in [-0.39, 0.29) is 0 Å². The zero-order valence-corrected chi connectivity index (χ0v) is 14.5. The molecule has 0 aromatic rings. The summed E-state index contributed by atoms with van der Waals surface area (Å²) < 4.78 is 5.73. The van der Waals surface area contributed by atoms with Crippen molar-refractivity contribution in [3.63, 3.8) is 0 Å². The molecule has 2 rings (SSSR count). The first-order valence-electron chi connectivity index (χ1n) is 8.76. The van der Waals surface area contributed by atoms with E-state index in [2.05, 4.69) is 43.9 Å². The highest BCUT2D eigenvalue weighted by Crippen LogP contribution is 2.42. The van der Waals surface area contributed by atoms with Gasteiger partial charge < -0.3 is 4.74 Å². The van der Waals surface area contributed by atoms with Crippen molar-refractivity contribution in [2.45, 2.75) is 84.3 Å². The Kier molecular flexibility index (Phi) is 7.00. The quantitative estimate of drug-likeness (QED) is 0.241. The van der Waals surface area contributed by atoms with Gasteiger partial charge in [0.05, 0.1) is 6.10 Å². The summed E-state index contributed by atoms with van der Waals surface area (Å²) in [6, 6.07) is 0. The fraction of sp³-hybridized carbons (Fsp3) is 0.619. The molecule has 1 heterocycles. The van der Waals surface area contributed by atoms with Gasteiger partial charge in [-0.25, -0.2) is 0 Å². The van der Waals surface area contributed by atoms with Gasteiger partial charge in [-0.05, 0) is 71.3 Å². The molecular weight excluding hydrogens is 268 g/mol. The molecule has 0 aromatic heterocycles. The molecule has 1 aliphatic carbocycles. The van der Waals surface area contributed by atoms with E-state index >= 15 is 0 Å². The minimum absolute atomic E-state index is 0.485. The molecule has 1 fully saturated rings. The smallest absolute Gasteiger partial charge is 0.105 e. The van der Waals surface area contributed by atoms with Gasteiger partial charge in [0.15, 0.2) is 0 Å². The molecule has 1 heteroatoms. The Bertz CT molecular complexity index is 510. The summed E-state index contributed by atoms with van der Waals surface area (Å²) in [5, 5.41) is 0. The highest BCUT2D eigenvalue weighted by atomic mass is 16.6. The van der Waals surface area contributed by atoms with E-state index < -0.39 is 0 Å². The van der Waals surface area contributed by atoms with E-state index in [1.165, 1.54) is 31.3 Å². The molecule has 0 bridgehead atoms. The maximum absolute atomic E-state index is 5.73. The second kappa shape index (κ2) is 9.01. The molecule has 120 valence electrons. The standard InChI is InChI=1S/C21H30O/c1-4-5-6-9-12-17(2)13-10-7-8-11-14-19-18(3)15-16-20-21(19)22-20/h7-8,12,20-21H,6,9-11,13-16H2,1-3H3/b8-7+,17-12+. The van der Waals surface area contributed by atoms with Crippen molar-refractivity contribution in [3.8, 4) is 11.8 Å². The molecule has 0 saturated carbocycles. The van der Waals surface area contributed by atoms with Crippen LogP contribution >= 0.6 is 0 Å². The Labute approximate surface area is 136 Å². The van der Waals surface area contributed by atoms with Crippen molar-refractivity contribution in [3.05, 3.63) is 34.9 Å². The Hall–Kier alpha value is -1.26. The maximum atomic E-state index is 5.73. The fourth-order valence-corrected chi connectivity index (χ4v) is 3.19. The van der Waals surface area contributed by atoms with Gasteiger partial charge >= 0.3 is 0 Å². The lowest BCUT2D eigenvalue weighted by molar-refractivity contribution is 0.380. The fourth-order valence-electron chi connectivity index (χ4n) is 3.19. The van der Waals surface area contributed by atoms with Gasteiger partial charge in [-0.1, -0.05) is 29.4 Å². The second-order valence-electron chi connectivity index (χ2n) is 6.50. The minimum atomic E-state index is 0.485. The zero-order chi connectivity index (χ0) is 15.8. The van der Waals surface area contributed by atoms with Crippen LogP contribution in [0, 0.1) is 11.8 Å². The molecular formula is C21H30O. The SMILES string of the molecule is CC#CCC/C=C(\C)CC/C=C/CCC1=C(C)CCC2OC12. The van der Waals surface area contributed by atoms with Crippen molar-refractivity contribution in [2.24, 2.45) is 0 Å². The zero-order valence-electron chi connectivity index (χ0n) is 14.5. The van der Waals surface area contributed by atoms with Gasteiger partial charge in [-0.15, -0.1) is 11.8 Å². The first kappa shape index (κ1) is 17.1. The Morgan fingerprint density at radius 1 is 1.27 bits per heavy atom. The number of ether oxygens (including phenoxy) is 1. The van der Waals surface area contributed by atoms with Crippen molar-refractivity contribution < 1.29 is 4.74 Å². The monoisotopic (exact) mass is 298 g/mol. The second-order valence-corrected chi connectivity index (χ2v) is 6.50. The minimum Gasteiger partial charge on any atom is -0.365 e. The lowest BCUT2D eigenvalue weighted by Crippen LogP contribution is -2.07. The normalized spacial score (nSPS) is 24.2. The third kappa shape index (κ3) is 5.50. The van der Waals surface area contributed by atoms with Crippen LogP contribution < -0.4 is 0 Å². The summed E-state index contributed by atoms with van der Waals surface area (Å²) in [7, 11) is 0. The summed E-state index contributed by atoms with van der Waals surface area (Å²) >= 11 is 0. The number of epoxide rings is 1. The lowest BCUT2D eigenvalue weighted by Gasteiger charge is -2.13. The number of unbranched alkanes of at least 4 members (excludes halogenated alkanes) is 1. The summed E-state index contributed by atoms with van der Waals surface area (Å²) in [4.78, 5) is 0. The van der Waals surface area contributed by atoms with Gasteiger partial charge in [0, 0.05) is 6.42 Å². The van der Waals surface area contributed by atoms with Crippen LogP contribution in [0.3, 0.4) is 0 Å². The molecule has 0 N–H and O–H groups in total. The van der Waals surface area contributed by atoms with Gasteiger partial charge in [0.2, 0.25) is 0 Å². The summed E-state index contributed by atoms with van der Waals surface area (Å²) in [6.45, 7) is 6.42. The first-order chi connectivity index (χ1) is 10.7. The number of hydrogen-bond acceptors (Lipinski definition) is 1. The van der Waals surface area contributed by atoms with E-state index in [1.54, 1.807) is 11.1 Å². The Balaban J connectivity index is 1.59. The van der Waals surface area contributed by atoms with Crippen LogP contribution in [0.15, 0.2) is 34.9 Å². The van der Waals surface area contributed by atoms with E-state index in [1.807, 2.05) is 6.92 Å². The van der Waals surface area contributed by atoms with Crippen LogP contribution in [0.2, 0.25) is 0 Å². The molecule has 1 nitrogen and oxygen atoms in total. The van der Waals surface area contributed by atoms with E-state index in [0.717, 1.165) is 25.7 Å². The van der Waals surface area contributed by atoms with Gasteiger partial charge in [0.25, 0.3) is 0 Å². The molecule has 22 heavy (non-hydrogen) atoms. The van der Waals surface area contributed by atoms with Gasteiger partial charge in [0.1, 0.15) is 6.10 Å². The molecule has 1 aliphatic heterocycles. The molecule has 2 aliphatic rings. The molecule has 1 saturated heterocycles. The molecule has 2 atom stereocenters. The Morgan fingerprint density at radius 2 is 2.09 bits per heavy atom. The number of fused-ring (bicyclic) bond motifs is 1. The van der Waals surface area contributed by atoms with Crippen molar-refractivity contribution in [2.75, 3.05) is 0 Å². The number of hydrogen-bond donors (Lipinski definition) is 0. The predicted octanol–water partition coefficient (Wildman–Crippen LogP) is 5.73. The highest BCUT2D eigenvalue weighted by Gasteiger charge is 2.43. The van der Waals surface area contributed by atoms with E-state index in [9.17, 15) is 0 Å². The van der Waals surface area contributed by atoms with E-state index in [4.69, 9.17) is 4.74 Å². The number of rotatable bonds is 8. The highest BCUT2D eigenvalue weighted by molar-refractivity contribution is 5.27. The average Bonchev–Trinajstić information content (AvgIpc) is 3.28. The van der Waals surface area contributed by atoms with E-state index in [0.29, 0.717) is 12.2 Å². The topological polar surface area (TPSA) is 12.5 Å². The third-order valence-electron chi connectivity index (χ3n) is 4.67. The largest absolute Gasteiger partial charge is 0.365 e. The van der Waals surface area contributed by atoms with Crippen LogP contribution in [-0.2, 0) is 4.74 Å². The summed E-state index contributed by atoms with van der Waals surface area (Å²) in [6.07, 6.45) is 17.3. The Morgan fingerprint density at radius 3 is 2.91 bits per heavy atom. The van der Waals surface area contributed by atoms with Gasteiger partial charge in [-0.3, -0.25) is 0 Å². The number of allylic oxidation sites excluding steroid dienone is 5. The molecule has 0 amide bonds. The molecule has 2 unspecified atom stereocenters. The first-order valence-corrected chi connectivity index (χ1v) is 8.76. The average molecular weight is 298 g/mol. The van der Waals surface area contributed by atoms with Crippen molar-refractivity contribution in [1.82, 2.24) is 0 Å². The van der Waals surface area contributed by atoms with Crippen LogP contribution in [0.4, 0.5) is 0 Å². The van der Waals surface area contributed by atoms with Crippen LogP contribution in [-0.4, -0.2) is 12.2 Å². The molecule has 0 radical (unpaired) electrons. The van der Waals surface area contributed by atoms with Crippen LogP contribution in [0.25, 0.3) is 0 Å². The lowest BCUT2D eigenvalue weighted by atomic mass is 9.90. The van der Waals surface area contributed by atoms with Crippen molar-refractivity contribution in [1.29, 1.82) is 0 Å². The molecule has 0 aromatic carbocycles. The summed E-state index contributed by atoms with van der Waals surface area (Å²) in [5.74, 6) is 6.05. The van der Waals surface area contributed by atoms with Gasteiger partial charge in [-0.2, -0.15) is 0 Å². The summed E-state index contributed by atoms with van der Waals surface area (Å²) in [5.41, 5.74) is 4.66. The maximum Gasteiger partial charge on any atom is 0.105 e. The van der Waals surface area contributed by atoms with Crippen molar-refractivity contribution >= 4 is 0 Å². The van der Waals surface area contributed by atoms with Crippen LogP contribution in [0.5, 0.6) is 0 Å². The molecule has 0 spiro atoms. The van der Waals surface area contributed by atoms with Crippen LogP contribution in [0.1, 0.15) is 72.1 Å². The third-order valence-corrected chi connectivity index (χ3v) is 4.67. The predicted molar refractivity (Wildman–Crippen MR) is 94.6 cm³/mol.